The Bertz CT molecular complexity index is 858. The molecule has 1 aromatic heterocycles. The van der Waals surface area contributed by atoms with Gasteiger partial charge in [0.15, 0.2) is 0 Å². The van der Waals surface area contributed by atoms with Gasteiger partial charge in [-0.3, -0.25) is 0 Å². The highest BCUT2D eigenvalue weighted by Gasteiger charge is 2.28. The number of thiophene rings is 1. The van der Waals surface area contributed by atoms with Crippen molar-refractivity contribution in [3.8, 4) is 0 Å². The zero-order chi connectivity index (χ0) is 20.0. The average molecular weight is 391 g/mol. The molecule has 7 nitrogen and oxygen atoms in total. The molecule has 8 heteroatoms. The summed E-state index contributed by atoms with van der Waals surface area (Å²) >= 11 is 0.905. The van der Waals surface area contributed by atoms with E-state index < -0.39 is 17.9 Å². The standard InChI is InChI=1S/C19H21NO6S/c1-4-24-18(22)14-13(15(27-16(14)20)19(23)25-5-2)10-26-17(21)12-9-7-6-8-11(12)3/h6-9H,4-5,10,20H2,1-3H3. The summed E-state index contributed by atoms with van der Waals surface area (Å²) in [6, 6.07) is 6.95. The van der Waals surface area contributed by atoms with Crippen LogP contribution >= 0.6 is 11.3 Å². The third-order valence-electron chi connectivity index (χ3n) is 3.69. The van der Waals surface area contributed by atoms with E-state index in [1.54, 1.807) is 39.0 Å². The van der Waals surface area contributed by atoms with E-state index in [9.17, 15) is 14.4 Å². The van der Waals surface area contributed by atoms with Crippen LogP contribution in [0.2, 0.25) is 0 Å². The summed E-state index contributed by atoms with van der Waals surface area (Å²) in [6.45, 7) is 5.11. The van der Waals surface area contributed by atoms with Gasteiger partial charge < -0.3 is 19.9 Å². The molecule has 0 aliphatic rings. The van der Waals surface area contributed by atoms with Crippen molar-refractivity contribution >= 4 is 34.2 Å². The van der Waals surface area contributed by atoms with Gasteiger partial charge >= 0.3 is 17.9 Å². The van der Waals surface area contributed by atoms with Crippen molar-refractivity contribution < 1.29 is 28.6 Å². The summed E-state index contributed by atoms with van der Waals surface area (Å²) in [7, 11) is 0. The largest absolute Gasteiger partial charge is 0.462 e. The Morgan fingerprint density at radius 2 is 1.59 bits per heavy atom. The van der Waals surface area contributed by atoms with Crippen LogP contribution in [0.4, 0.5) is 5.00 Å². The Hall–Kier alpha value is -2.87. The average Bonchev–Trinajstić information content (AvgIpc) is 2.97. The second-order valence-corrected chi connectivity index (χ2v) is 6.53. The zero-order valence-corrected chi connectivity index (χ0v) is 16.2. The highest BCUT2D eigenvalue weighted by molar-refractivity contribution is 7.18. The molecule has 0 unspecified atom stereocenters. The maximum absolute atomic E-state index is 12.4. The lowest BCUT2D eigenvalue weighted by Crippen LogP contribution is -2.14. The number of nitrogen functional groups attached to an aromatic ring is 1. The van der Waals surface area contributed by atoms with E-state index in [1.165, 1.54) is 0 Å². The minimum Gasteiger partial charge on any atom is -0.462 e. The monoisotopic (exact) mass is 391 g/mol. The Labute approximate surface area is 161 Å². The quantitative estimate of drug-likeness (QED) is 0.570. The normalized spacial score (nSPS) is 10.3. The van der Waals surface area contributed by atoms with Crippen LogP contribution in [0.1, 0.15) is 55.4 Å². The Morgan fingerprint density at radius 3 is 2.22 bits per heavy atom. The third kappa shape index (κ3) is 4.65. The molecule has 0 aliphatic heterocycles. The molecule has 0 atom stereocenters. The third-order valence-corrected chi connectivity index (χ3v) is 4.73. The van der Waals surface area contributed by atoms with Crippen LogP contribution in [0, 0.1) is 6.92 Å². The molecule has 0 radical (unpaired) electrons. The maximum Gasteiger partial charge on any atom is 0.348 e. The fraction of sp³-hybridized carbons (Fsp3) is 0.316. The summed E-state index contributed by atoms with van der Waals surface area (Å²) < 4.78 is 15.4. The molecule has 0 fully saturated rings. The van der Waals surface area contributed by atoms with Crippen LogP contribution < -0.4 is 5.73 Å². The fourth-order valence-electron chi connectivity index (χ4n) is 2.43. The molecule has 2 N–H and O–H groups in total. The van der Waals surface area contributed by atoms with Crippen molar-refractivity contribution in [2.45, 2.75) is 27.4 Å². The number of esters is 3. The topological polar surface area (TPSA) is 105 Å². The number of ether oxygens (including phenoxy) is 3. The van der Waals surface area contributed by atoms with Crippen LogP contribution in [0.5, 0.6) is 0 Å². The molecule has 2 aromatic rings. The van der Waals surface area contributed by atoms with Crippen molar-refractivity contribution in [2.75, 3.05) is 18.9 Å². The highest BCUT2D eigenvalue weighted by Crippen LogP contribution is 2.33. The summed E-state index contributed by atoms with van der Waals surface area (Å²) in [5.41, 5.74) is 7.29. The van der Waals surface area contributed by atoms with E-state index in [0.29, 0.717) is 5.56 Å². The molecule has 0 saturated carbocycles. The molecule has 1 heterocycles. The Morgan fingerprint density at radius 1 is 0.963 bits per heavy atom. The predicted octanol–water partition coefficient (Wildman–Crippen LogP) is 3.35. The zero-order valence-electron chi connectivity index (χ0n) is 15.4. The summed E-state index contributed by atoms with van der Waals surface area (Å²) in [5, 5.41) is 0.110. The number of benzene rings is 1. The van der Waals surface area contributed by atoms with Gasteiger partial charge in [0.2, 0.25) is 0 Å². The van der Waals surface area contributed by atoms with Crippen molar-refractivity contribution in [3.63, 3.8) is 0 Å². The maximum atomic E-state index is 12.4. The molecule has 27 heavy (non-hydrogen) atoms. The van der Waals surface area contributed by atoms with Crippen LogP contribution in [-0.2, 0) is 20.8 Å². The van der Waals surface area contributed by atoms with Crippen molar-refractivity contribution in [1.82, 2.24) is 0 Å². The number of carbonyl (C=O) groups excluding carboxylic acids is 3. The van der Waals surface area contributed by atoms with E-state index in [2.05, 4.69) is 0 Å². The van der Waals surface area contributed by atoms with Gasteiger partial charge in [-0.25, -0.2) is 14.4 Å². The van der Waals surface area contributed by atoms with Gasteiger partial charge in [0, 0.05) is 5.56 Å². The first-order valence-corrected chi connectivity index (χ1v) is 9.20. The predicted molar refractivity (Wildman–Crippen MR) is 101 cm³/mol. The first-order chi connectivity index (χ1) is 12.9. The molecule has 144 valence electrons. The molecule has 1 aromatic carbocycles. The van der Waals surface area contributed by atoms with E-state index in [-0.39, 0.29) is 40.8 Å². The molecule has 0 saturated heterocycles. The SMILES string of the molecule is CCOC(=O)c1sc(N)c(C(=O)OCC)c1COC(=O)c1ccccc1C. The van der Waals surface area contributed by atoms with E-state index >= 15 is 0 Å². The lowest BCUT2D eigenvalue weighted by atomic mass is 10.1. The van der Waals surface area contributed by atoms with E-state index in [0.717, 1.165) is 16.9 Å². The number of hydrogen-bond donors (Lipinski definition) is 1. The summed E-state index contributed by atoms with van der Waals surface area (Å²) in [6.07, 6.45) is 0. The number of aryl methyl sites for hydroxylation is 1. The minimum atomic E-state index is -0.677. The summed E-state index contributed by atoms with van der Waals surface area (Å²) in [5.74, 6) is -1.88. The molecular weight excluding hydrogens is 370 g/mol. The number of rotatable bonds is 7. The minimum absolute atomic E-state index is 0.0301. The smallest absolute Gasteiger partial charge is 0.348 e. The van der Waals surface area contributed by atoms with Crippen LogP contribution in [0.25, 0.3) is 0 Å². The fourth-order valence-corrected chi connectivity index (χ4v) is 3.38. The van der Waals surface area contributed by atoms with Crippen LogP contribution in [0.15, 0.2) is 24.3 Å². The van der Waals surface area contributed by atoms with E-state index in [4.69, 9.17) is 19.9 Å². The molecule has 0 spiro atoms. The van der Waals surface area contributed by atoms with Crippen molar-refractivity contribution in [3.05, 3.63) is 51.4 Å². The van der Waals surface area contributed by atoms with Gasteiger partial charge in [0.1, 0.15) is 22.0 Å². The second-order valence-electron chi connectivity index (χ2n) is 5.48. The molecule has 0 aliphatic carbocycles. The summed E-state index contributed by atoms with van der Waals surface area (Å²) in [4.78, 5) is 37.0. The van der Waals surface area contributed by atoms with E-state index in [1.807, 2.05) is 6.07 Å². The van der Waals surface area contributed by atoms with Crippen molar-refractivity contribution in [1.29, 1.82) is 0 Å². The van der Waals surface area contributed by atoms with Crippen LogP contribution in [0.3, 0.4) is 0 Å². The Kier molecular flexibility index (Phi) is 6.95. The number of carbonyl (C=O) groups is 3. The first-order valence-electron chi connectivity index (χ1n) is 8.38. The van der Waals surface area contributed by atoms with Crippen molar-refractivity contribution in [2.24, 2.45) is 0 Å². The lowest BCUT2D eigenvalue weighted by molar-refractivity contribution is 0.0437. The Balaban J connectivity index is 2.34. The molecule has 0 bridgehead atoms. The molecule has 0 amide bonds. The van der Waals surface area contributed by atoms with Gasteiger partial charge in [-0.05, 0) is 32.4 Å². The first kappa shape index (κ1) is 20.4. The number of nitrogens with two attached hydrogens (primary N) is 1. The van der Waals surface area contributed by atoms with Crippen LogP contribution in [-0.4, -0.2) is 31.1 Å². The molecule has 2 rings (SSSR count). The lowest BCUT2D eigenvalue weighted by Gasteiger charge is -2.10. The van der Waals surface area contributed by atoms with Gasteiger partial charge in [0.05, 0.1) is 18.8 Å². The number of anilines is 1. The van der Waals surface area contributed by atoms with Gasteiger partial charge in [-0.2, -0.15) is 0 Å². The van der Waals surface area contributed by atoms with Gasteiger partial charge in [0.25, 0.3) is 0 Å². The number of hydrogen-bond acceptors (Lipinski definition) is 8. The second kappa shape index (κ2) is 9.18. The van der Waals surface area contributed by atoms with Gasteiger partial charge in [-0.1, -0.05) is 18.2 Å². The molecular formula is C19H21NO6S. The van der Waals surface area contributed by atoms with Gasteiger partial charge in [-0.15, -0.1) is 11.3 Å². The highest BCUT2D eigenvalue weighted by atomic mass is 32.1.